The molecule has 1 aliphatic carbocycles. The maximum absolute atomic E-state index is 6.12. The van der Waals surface area contributed by atoms with Gasteiger partial charge in [0.1, 0.15) is 11.9 Å². The Morgan fingerprint density at radius 2 is 1.85 bits per heavy atom. The third-order valence-corrected chi connectivity index (χ3v) is 5.61. The number of aryl methyl sites for hydroxylation is 1. The van der Waals surface area contributed by atoms with Crippen molar-refractivity contribution in [1.29, 1.82) is 0 Å². The SMILES string of the molecule is CCC[C@@H]1N=C(c2ccc(Cl)cc2)C2=C(CC(C)=C2C)n2c(C)nnc21. The minimum Gasteiger partial charge on any atom is -0.284 e. The largest absolute Gasteiger partial charge is 0.284 e. The molecule has 0 radical (unpaired) electrons. The summed E-state index contributed by atoms with van der Waals surface area (Å²) >= 11 is 6.12. The standard InChI is InChI=1S/C21H23ClN4/c1-5-6-17-21-25-24-14(4)26(21)18-11-12(2)13(3)19(18)20(23-17)15-7-9-16(22)10-8-15/h7-10,17H,5-6,11H2,1-4H3/t17-/m0/s1. The number of hydrogen-bond donors (Lipinski definition) is 0. The Morgan fingerprint density at radius 1 is 1.12 bits per heavy atom. The van der Waals surface area contributed by atoms with Gasteiger partial charge < -0.3 is 0 Å². The molecular formula is C21H23ClN4. The molecule has 2 aromatic rings. The van der Waals surface area contributed by atoms with E-state index >= 15 is 0 Å². The summed E-state index contributed by atoms with van der Waals surface area (Å²) in [5, 5.41) is 9.61. The quantitative estimate of drug-likeness (QED) is 0.716. The highest BCUT2D eigenvalue weighted by molar-refractivity contribution is 6.30. The molecule has 134 valence electrons. The van der Waals surface area contributed by atoms with Crippen molar-refractivity contribution in [3.8, 4) is 0 Å². The van der Waals surface area contributed by atoms with Crippen LogP contribution in [0.5, 0.6) is 0 Å². The van der Waals surface area contributed by atoms with E-state index < -0.39 is 0 Å². The van der Waals surface area contributed by atoms with Crippen molar-refractivity contribution in [3.63, 3.8) is 0 Å². The fraction of sp³-hybridized carbons (Fsp3) is 0.381. The second-order valence-corrected chi connectivity index (χ2v) is 7.57. The molecule has 2 aliphatic rings. The lowest BCUT2D eigenvalue weighted by atomic mass is 9.97. The molecule has 0 bridgehead atoms. The normalized spacial score (nSPS) is 19.4. The third kappa shape index (κ3) is 2.64. The molecule has 0 saturated carbocycles. The van der Waals surface area contributed by atoms with Gasteiger partial charge in [-0.25, -0.2) is 0 Å². The molecule has 1 aliphatic heterocycles. The lowest BCUT2D eigenvalue weighted by Gasteiger charge is -2.13. The molecule has 0 spiro atoms. The van der Waals surface area contributed by atoms with Crippen LogP contribution in [0.4, 0.5) is 0 Å². The van der Waals surface area contributed by atoms with E-state index in [2.05, 4.69) is 47.7 Å². The summed E-state index contributed by atoms with van der Waals surface area (Å²) in [5.41, 5.74) is 7.33. The summed E-state index contributed by atoms with van der Waals surface area (Å²) in [6.45, 7) is 8.61. The van der Waals surface area contributed by atoms with Gasteiger partial charge in [0.2, 0.25) is 0 Å². The van der Waals surface area contributed by atoms with Crippen LogP contribution in [0.2, 0.25) is 5.02 Å². The molecule has 1 aromatic carbocycles. The van der Waals surface area contributed by atoms with Gasteiger partial charge in [0.05, 0.1) is 5.71 Å². The molecule has 0 N–H and O–H groups in total. The molecule has 1 atom stereocenters. The zero-order chi connectivity index (χ0) is 18.4. The van der Waals surface area contributed by atoms with Crippen molar-refractivity contribution in [2.75, 3.05) is 0 Å². The number of nitrogens with zero attached hydrogens (tertiary/aromatic N) is 4. The van der Waals surface area contributed by atoms with Crippen molar-refractivity contribution in [2.24, 2.45) is 4.99 Å². The number of halogens is 1. The summed E-state index contributed by atoms with van der Waals surface area (Å²) in [5.74, 6) is 1.90. The van der Waals surface area contributed by atoms with Gasteiger partial charge in [-0.15, -0.1) is 10.2 Å². The van der Waals surface area contributed by atoms with E-state index in [0.717, 1.165) is 47.2 Å². The van der Waals surface area contributed by atoms with Crippen LogP contribution in [0.15, 0.2) is 46.0 Å². The van der Waals surface area contributed by atoms with Gasteiger partial charge in [-0.1, -0.05) is 42.7 Å². The topological polar surface area (TPSA) is 43.1 Å². The fourth-order valence-corrected chi connectivity index (χ4v) is 4.03. The van der Waals surface area contributed by atoms with E-state index in [1.165, 1.54) is 22.4 Å². The Balaban J connectivity index is 1.99. The van der Waals surface area contributed by atoms with Gasteiger partial charge in [0.25, 0.3) is 0 Å². The first kappa shape index (κ1) is 17.2. The maximum Gasteiger partial charge on any atom is 0.162 e. The van der Waals surface area contributed by atoms with Crippen molar-refractivity contribution in [3.05, 3.63) is 63.2 Å². The first-order valence-corrected chi connectivity index (χ1v) is 9.55. The predicted octanol–water partition coefficient (Wildman–Crippen LogP) is 5.54. The smallest absolute Gasteiger partial charge is 0.162 e. The summed E-state index contributed by atoms with van der Waals surface area (Å²) in [6, 6.07) is 8.02. The van der Waals surface area contributed by atoms with Gasteiger partial charge in [-0.2, -0.15) is 0 Å². The summed E-state index contributed by atoms with van der Waals surface area (Å²) in [7, 11) is 0. The molecule has 2 heterocycles. The second-order valence-electron chi connectivity index (χ2n) is 7.13. The summed E-state index contributed by atoms with van der Waals surface area (Å²) in [4.78, 5) is 5.21. The zero-order valence-corrected chi connectivity index (χ0v) is 16.4. The van der Waals surface area contributed by atoms with Crippen molar-refractivity contribution >= 4 is 23.0 Å². The highest BCUT2D eigenvalue weighted by Crippen LogP contribution is 2.42. The number of allylic oxidation sites excluding steroid dienone is 4. The van der Waals surface area contributed by atoms with E-state index in [9.17, 15) is 0 Å². The maximum atomic E-state index is 6.12. The molecular weight excluding hydrogens is 344 g/mol. The number of aromatic nitrogens is 3. The summed E-state index contributed by atoms with van der Waals surface area (Å²) in [6.07, 6.45) is 2.92. The van der Waals surface area contributed by atoms with Crippen molar-refractivity contribution < 1.29 is 0 Å². The molecule has 4 nitrogen and oxygen atoms in total. The molecule has 4 rings (SSSR count). The number of fused-ring (bicyclic) bond motifs is 2. The molecule has 0 unspecified atom stereocenters. The van der Waals surface area contributed by atoms with Crippen LogP contribution in [-0.2, 0) is 0 Å². The number of aliphatic imine (C=N–C) groups is 1. The van der Waals surface area contributed by atoms with Crippen LogP contribution >= 0.6 is 11.6 Å². The predicted molar refractivity (Wildman–Crippen MR) is 107 cm³/mol. The average Bonchev–Trinajstić information content (AvgIpc) is 3.09. The van der Waals surface area contributed by atoms with Crippen molar-refractivity contribution in [2.45, 2.75) is 53.0 Å². The Labute approximate surface area is 159 Å². The molecule has 0 fully saturated rings. The van der Waals surface area contributed by atoms with E-state index in [0.29, 0.717) is 0 Å². The second kappa shape index (κ2) is 6.51. The van der Waals surface area contributed by atoms with Crippen LogP contribution in [0, 0.1) is 6.92 Å². The molecule has 1 aromatic heterocycles. The Hall–Kier alpha value is -2.20. The van der Waals surface area contributed by atoms with Crippen LogP contribution in [0.3, 0.4) is 0 Å². The van der Waals surface area contributed by atoms with Crippen LogP contribution in [0.25, 0.3) is 5.70 Å². The highest BCUT2D eigenvalue weighted by atomic mass is 35.5. The molecule has 0 saturated heterocycles. The van der Waals surface area contributed by atoms with Gasteiger partial charge in [-0.3, -0.25) is 9.56 Å². The van der Waals surface area contributed by atoms with E-state index in [-0.39, 0.29) is 6.04 Å². The molecule has 5 heteroatoms. The number of hydrogen-bond acceptors (Lipinski definition) is 3. The van der Waals surface area contributed by atoms with Crippen LogP contribution in [0.1, 0.15) is 63.3 Å². The first-order valence-electron chi connectivity index (χ1n) is 9.17. The zero-order valence-electron chi connectivity index (χ0n) is 15.7. The number of benzene rings is 1. The van der Waals surface area contributed by atoms with Crippen molar-refractivity contribution in [1.82, 2.24) is 14.8 Å². The van der Waals surface area contributed by atoms with E-state index in [4.69, 9.17) is 16.6 Å². The lowest BCUT2D eigenvalue weighted by Crippen LogP contribution is -2.08. The third-order valence-electron chi connectivity index (χ3n) is 5.36. The Kier molecular flexibility index (Phi) is 4.31. The van der Waals surface area contributed by atoms with Gasteiger partial charge >= 0.3 is 0 Å². The number of rotatable bonds is 3. The molecule has 0 amide bonds. The first-order chi connectivity index (χ1) is 12.5. The monoisotopic (exact) mass is 366 g/mol. The minimum absolute atomic E-state index is 0.0191. The van der Waals surface area contributed by atoms with Gasteiger partial charge in [-0.05, 0) is 44.9 Å². The minimum atomic E-state index is 0.0191. The van der Waals surface area contributed by atoms with Crippen LogP contribution < -0.4 is 0 Å². The highest BCUT2D eigenvalue weighted by Gasteiger charge is 2.33. The van der Waals surface area contributed by atoms with Gasteiger partial charge in [0, 0.05) is 28.3 Å². The Bertz CT molecular complexity index is 960. The van der Waals surface area contributed by atoms with Crippen LogP contribution in [-0.4, -0.2) is 20.5 Å². The molecule has 26 heavy (non-hydrogen) atoms. The average molecular weight is 367 g/mol. The Morgan fingerprint density at radius 3 is 2.54 bits per heavy atom. The van der Waals surface area contributed by atoms with E-state index in [1.54, 1.807) is 0 Å². The fourth-order valence-electron chi connectivity index (χ4n) is 3.91. The summed E-state index contributed by atoms with van der Waals surface area (Å²) < 4.78 is 2.24. The lowest BCUT2D eigenvalue weighted by molar-refractivity contribution is 0.596. The van der Waals surface area contributed by atoms with Gasteiger partial charge in [0.15, 0.2) is 5.82 Å². The van der Waals surface area contributed by atoms with E-state index in [1.807, 2.05) is 19.1 Å².